The summed E-state index contributed by atoms with van der Waals surface area (Å²) in [7, 11) is 0. The molecule has 3 unspecified atom stereocenters. The third-order valence-electron chi connectivity index (χ3n) is 2.80. The first kappa shape index (κ1) is 9.75. The number of rotatable bonds is 2. The van der Waals surface area contributed by atoms with Gasteiger partial charge < -0.3 is 4.84 Å². The van der Waals surface area contributed by atoms with Crippen molar-refractivity contribution < 1.29 is 24.3 Å². The van der Waals surface area contributed by atoms with Crippen molar-refractivity contribution in [2.75, 3.05) is 0 Å². The van der Waals surface area contributed by atoms with Crippen molar-refractivity contribution in [1.82, 2.24) is 0 Å². The van der Waals surface area contributed by atoms with Crippen molar-refractivity contribution in [3.8, 4) is 0 Å². The van der Waals surface area contributed by atoms with Crippen LogP contribution in [0.2, 0.25) is 0 Å². The molecule has 15 heavy (non-hydrogen) atoms. The van der Waals surface area contributed by atoms with Gasteiger partial charge >= 0.3 is 0 Å². The maximum absolute atomic E-state index is 11.3. The van der Waals surface area contributed by atoms with Crippen molar-refractivity contribution in [2.24, 2.45) is 11.8 Å². The van der Waals surface area contributed by atoms with E-state index in [-0.39, 0.29) is 12.8 Å². The van der Waals surface area contributed by atoms with Crippen molar-refractivity contribution in [2.45, 2.75) is 18.9 Å². The van der Waals surface area contributed by atoms with Crippen LogP contribution in [0.3, 0.4) is 0 Å². The fraction of sp³-hybridized carbons (Fsp3) is 0.625. The van der Waals surface area contributed by atoms with E-state index in [9.17, 15) is 24.5 Å². The summed E-state index contributed by atoms with van der Waals surface area (Å²) in [6.07, 6.45) is -1.61. The Bertz CT molecular complexity index is 373. The first-order chi connectivity index (χ1) is 7.00. The molecule has 2 rings (SSSR count). The molecule has 0 N–H and O–H groups in total. The Morgan fingerprint density at radius 3 is 2.47 bits per heavy atom. The molecule has 0 aromatic heterocycles. The second-order valence-electron chi connectivity index (χ2n) is 3.65. The second-order valence-corrected chi connectivity index (χ2v) is 3.65. The van der Waals surface area contributed by atoms with E-state index in [1.54, 1.807) is 0 Å². The predicted octanol–water partition coefficient (Wildman–Crippen LogP) is -0.690. The van der Waals surface area contributed by atoms with Gasteiger partial charge in [-0.3, -0.25) is 14.4 Å². The van der Waals surface area contributed by atoms with E-state index in [0.29, 0.717) is 0 Å². The predicted molar refractivity (Wildman–Crippen MR) is 43.1 cm³/mol. The number of hydrogen-bond acceptors (Lipinski definition) is 6. The van der Waals surface area contributed by atoms with E-state index in [2.05, 4.69) is 4.84 Å². The Labute approximate surface area is 83.5 Å². The van der Waals surface area contributed by atoms with Crippen molar-refractivity contribution >= 4 is 17.3 Å². The fourth-order valence-electron chi connectivity index (χ4n) is 2.25. The summed E-state index contributed by atoms with van der Waals surface area (Å²) in [5.41, 5.74) is 0. The quantitative estimate of drug-likeness (QED) is 0.341. The van der Waals surface area contributed by atoms with Crippen molar-refractivity contribution in [3.05, 3.63) is 10.1 Å². The lowest BCUT2D eigenvalue weighted by Gasteiger charge is -2.12. The minimum absolute atomic E-state index is 0.228. The lowest BCUT2D eigenvalue weighted by atomic mass is 9.98. The molecule has 0 radical (unpaired) electrons. The molecule has 0 heterocycles. The maximum Gasteiger partial charge on any atom is 0.294 e. The number of Topliss-reactive ketones (excluding diaryl/α,β-unsaturated/α-hetero) is 3. The van der Waals surface area contributed by atoms with Gasteiger partial charge in [-0.2, -0.15) is 0 Å². The summed E-state index contributed by atoms with van der Waals surface area (Å²) in [4.78, 5) is 48.3. The molecular weight excluding hydrogens is 206 g/mol. The number of carbonyl (C=O) groups excluding carboxylic acids is 3. The minimum Gasteiger partial charge on any atom is -0.309 e. The van der Waals surface area contributed by atoms with E-state index in [1.165, 1.54) is 0 Å². The molecule has 2 saturated carbocycles. The fourth-order valence-corrected chi connectivity index (χ4v) is 2.25. The topological polar surface area (TPSA) is 104 Å². The van der Waals surface area contributed by atoms with Crippen LogP contribution in [0.25, 0.3) is 0 Å². The zero-order valence-corrected chi connectivity index (χ0v) is 7.54. The first-order valence-corrected chi connectivity index (χ1v) is 4.40. The molecule has 0 bridgehead atoms. The zero-order chi connectivity index (χ0) is 11.2. The Hall–Kier alpha value is -1.79. The molecule has 0 aromatic carbocycles. The van der Waals surface area contributed by atoms with Crippen molar-refractivity contribution in [3.63, 3.8) is 0 Å². The molecular formula is C8H7NO6. The van der Waals surface area contributed by atoms with Crippen LogP contribution in [-0.2, 0) is 19.2 Å². The molecule has 0 amide bonds. The molecule has 7 heteroatoms. The molecule has 80 valence electrons. The van der Waals surface area contributed by atoms with Crippen LogP contribution in [0.1, 0.15) is 12.8 Å². The Kier molecular flexibility index (Phi) is 2.02. The lowest BCUT2D eigenvalue weighted by molar-refractivity contribution is -0.769. The van der Waals surface area contributed by atoms with Crippen LogP contribution >= 0.6 is 0 Å². The van der Waals surface area contributed by atoms with Crippen LogP contribution in [0, 0.1) is 22.0 Å². The van der Waals surface area contributed by atoms with E-state index < -0.39 is 40.4 Å². The lowest BCUT2D eigenvalue weighted by Crippen LogP contribution is -2.27. The highest BCUT2D eigenvalue weighted by molar-refractivity contribution is 6.19. The Morgan fingerprint density at radius 2 is 1.87 bits per heavy atom. The molecule has 0 saturated heterocycles. The van der Waals surface area contributed by atoms with Crippen LogP contribution in [0.4, 0.5) is 0 Å². The third kappa shape index (κ3) is 1.39. The molecule has 0 aliphatic heterocycles. The summed E-state index contributed by atoms with van der Waals surface area (Å²) in [5, 5.41) is 9.08. The number of nitrogens with zero attached hydrogens (tertiary/aromatic N) is 1. The summed E-state index contributed by atoms with van der Waals surface area (Å²) in [5.74, 6) is -3.23. The maximum atomic E-state index is 11.3. The third-order valence-corrected chi connectivity index (χ3v) is 2.80. The standard InChI is InChI=1S/C8H7NO6/c10-3-1-4(11)8-6(15-9(13)14)2-5(12)7(3)8/h6-8H,1-2H2. The molecule has 0 spiro atoms. The van der Waals surface area contributed by atoms with Crippen LogP contribution < -0.4 is 0 Å². The summed E-state index contributed by atoms with van der Waals surface area (Å²) >= 11 is 0. The number of fused-ring (bicyclic) bond motifs is 1. The Morgan fingerprint density at radius 1 is 1.20 bits per heavy atom. The number of hydrogen-bond donors (Lipinski definition) is 0. The summed E-state index contributed by atoms with van der Waals surface area (Å²) < 4.78 is 0. The largest absolute Gasteiger partial charge is 0.309 e. The minimum atomic E-state index is -1.07. The van der Waals surface area contributed by atoms with Gasteiger partial charge in [0.25, 0.3) is 5.09 Å². The van der Waals surface area contributed by atoms with Gasteiger partial charge in [0.1, 0.15) is 17.7 Å². The van der Waals surface area contributed by atoms with Gasteiger partial charge in [0, 0.05) is 6.42 Å². The zero-order valence-electron chi connectivity index (χ0n) is 7.54. The molecule has 7 nitrogen and oxygen atoms in total. The van der Waals surface area contributed by atoms with E-state index in [1.807, 2.05) is 0 Å². The average Bonchev–Trinajstić information content (AvgIpc) is 2.54. The van der Waals surface area contributed by atoms with Crippen molar-refractivity contribution in [1.29, 1.82) is 0 Å². The van der Waals surface area contributed by atoms with Gasteiger partial charge in [0.2, 0.25) is 0 Å². The molecule has 3 atom stereocenters. The number of carbonyl (C=O) groups is 3. The monoisotopic (exact) mass is 213 g/mol. The second kappa shape index (κ2) is 3.11. The molecule has 2 aliphatic carbocycles. The number of ketones is 3. The normalized spacial score (nSPS) is 34.4. The van der Waals surface area contributed by atoms with Crippen LogP contribution in [-0.4, -0.2) is 28.5 Å². The summed E-state index contributed by atoms with van der Waals surface area (Å²) in [6, 6.07) is 0. The van der Waals surface area contributed by atoms with E-state index in [4.69, 9.17) is 0 Å². The molecule has 2 fully saturated rings. The SMILES string of the molecule is O=C1CC(=O)C2C(O[N+](=O)[O-])CC(=O)C12. The molecule has 0 aromatic rings. The highest BCUT2D eigenvalue weighted by Crippen LogP contribution is 2.39. The van der Waals surface area contributed by atoms with Gasteiger partial charge in [-0.15, -0.1) is 10.1 Å². The van der Waals surface area contributed by atoms with Crippen LogP contribution in [0.15, 0.2) is 0 Å². The van der Waals surface area contributed by atoms with Crippen LogP contribution in [0.5, 0.6) is 0 Å². The van der Waals surface area contributed by atoms with Gasteiger partial charge in [-0.25, -0.2) is 0 Å². The first-order valence-electron chi connectivity index (χ1n) is 4.40. The Balaban J connectivity index is 2.25. The smallest absolute Gasteiger partial charge is 0.294 e. The van der Waals surface area contributed by atoms with E-state index in [0.717, 1.165) is 0 Å². The average molecular weight is 213 g/mol. The van der Waals surface area contributed by atoms with Gasteiger partial charge in [0.05, 0.1) is 18.3 Å². The van der Waals surface area contributed by atoms with Gasteiger partial charge in [-0.05, 0) is 0 Å². The van der Waals surface area contributed by atoms with Gasteiger partial charge in [0.15, 0.2) is 5.78 Å². The highest BCUT2D eigenvalue weighted by atomic mass is 17.0. The summed E-state index contributed by atoms with van der Waals surface area (Å²) in [6.45, 7) is 0. The van der Waals surface area contributed by atoms with E-state index >= 15 is 0 Å². The molecule has 2 aliphatic rings. The highest BCUT2D eigenvalue weighted by Gasteiger charge is 2.56. The van der Waals surface area contributed by atoms with Gasteiger partial charge in [-0.1, -0.05) is 0 Å².